The summed E-state index contributed by atoms with van der Waals surface area (Å²) in [6, 6.07) is 6.24. The summed E-state index contributed by atoms with van der Waals surface area (Å²) in [5.74, 6) is 0. The fourth-order valence-corrected chi connectivity index (χ4v) is 8.52. The second-order valence-corrected chi connectivity index (χ2v) is 9.71. The van der Waals surface area contributed by atoms with E-state index in [0.29, 0.717) is 0 Å². The van der Waals surface area contributed by atoms with Gasteiger partial charge < -0.3 is 5.73 Å². The SMILES string of the molecule is CCC[Si](CCC)(CCC)CCC[NH3+]. The Balaban J connectivity index is 4.21. The maximum Gasteiger partial charge on any atom is 0.0737 e. The zero-order valence-electron chi connectivity index (χ0n) is 10.6. The van der Waals surface area contributed by atoms with E-state index in [-0.39, 0.29) is 0 Å². The van der Waals surface area contributed by atoms with Gasteiger partial charge in [0.15, 0.2) is 0 Å². The van der Waals surface area contributed by atoms with Crippen molar-refractivity contribution in [1.29, 1.82) is 0 Å². The molecule has 1 nitrogen and oxygen atoms in total. The quantitative estimate of drug-likeness (QED) is 0.573. The molecule has 0 saturated heterocycles. The largest absolute Gasteiger partial charge is 0.358 e. The van der Waals surface area contributed by atoms with Gasteiger partial charge in [-0.05, 0) is 6.42 Å². The molecule has 0 atom stereocenters. The molecular weight excluding hydrogens is 186 g/mol. The molecule has 0 aromatic carbocycles. The van der Waals surface area contributed by atoms with Crippen LogP contribution in [0.25, 0.3) is 0 Å². The van der Waals surface area contributed by atoms with Crippen molar-refractivity contribution in [3.05, 3.63) is 0 Å². The third-order valence-corrected chi connectivity index (χ3v) is 9.39. The standard InChI is InChI=1S/C12H29NSi/c1-4-9-14(10-5-2,11-6-3)12-7-8-13/h4-13H2,1-3H3/p+1. The molecule has 0 unspecified atom stereocenters. The summed E-state index contributed by atoms with van der Waals surface area (Å²) in [4.78, 5) is 0. The van der Waals surface area contributed by atoms with Crippen LogP contribution in [0.5, 0.6) is 0 Å². The molecule has 0 spiro atoms. The van der Waals surface area contributed by atoms with Gasteiger partial charge in [-0.25, -0.2) is 0 Å². The van der Waals surface area contributed by atoms with Gasteiger partial charge >= 0.3 is 0 Å². The number of rotatable bonds is 9. The van der Waals surface area contributed by atoms with Crippen LogP contribution in [0, 0.1) is 0 Å². The van der Waals surface area contributed by atoms with E-state index in [2.05, 4.69) is 26.5 Å². The van der Waals surface area contributed by atoms with Gasteiger partial charge in [-0.2, -0.15) is 0 Å². The summed E-state index contributed by atoms with van der Waals surface area (Å²) in [7, 11) is -0.856. The molecule has 0 rings (SSSR count). The van der Waals surface area contributed by atoms with Gasteiger partial charge in [0, 0.05) is 0 Å². The minimum Gasteiger partial charge on any atom is -0.358 e. The van der Waals surface area contributed by atoms with E-state index in [9.17, 15) is 0 Å². The first-order valence-electron chi connectivity index (χ1n) is 6.54. The second kappa shape index (κ2) is 8.48. The zero-order valence-corrected chi connectivity index (χ0v) is 11.6. The molecule has 0 aromatic rings. The van der Waals surface area contributed by atoms with E-state index in [0.717, 1.165) is 6.54 Å². The number of hydrogen-bond donors (Lipinski definition) is 1. The molecule has 0 aromatic heterocycles. The molecule has 86 valence electrons. The van der Waals surface area contributed by atoms with Crippen LogP contribution in [-0.4, -0.2) is 14.6 Å². The van der Waals surface area contributed by atoms with Gasteiger partial charge in [0.1, 0.15) is 0 Å². The molecule has 0 aliphatic carbocycles. The average Bonchev–Trinajstić information content (AvgIpc) is 2.16. The first kappa shape index (κ1) is 14.2. The third-order valence-electron chi connectivity index (χ3n) is 3.30. The molecule has 0 aliphatic rings. The van der Waals surface area contributed by atoms with E-state index >= 15 is 0 Å². The van der Waals surface area contributed by atoms with Crippen LogP contribution in [0.15, 0.2) is 0 Å². The Labute approximate surface area is 91.5 Å². The first-order valence-corrected chi connectivity index (χ1v) is 9.36. The van der Waals surface area contributed by atoms with Crippen LogP contribution in [0.4, 0.5) is 0 Å². The Hall–Kier alpha value is 0.177. The van der Waals surface area contributed by atoms with Crippen molar-refractivity contribution >= 4 is 8.07 Å². The van der Waals surface area contributed by atoms with Gasteiger partial charge in [-0.15, -0.1) is 0 Å². The lowest BCUT2D eigenvalue weighted by Gasteiger charge is -2.31. The van der Waals surface area contributed by atoms with Crippen molar-refractivity contribution in [3.8, 4) is 0 Å². The van der Waals surface area contributed by atoms with Gasteiger partial charge in [0.25, 0.3) is 0 Å². The molecule has 14 heavy (non-hydrogen) atoms. The smallest absolute Gasteiger partial charge is 0.0737 e. The highest BCUT2D eigenvalue weighted by molar-refractivity contribution is 6.79. The zero-order chi connectivity index (χ0) is 10.9. The van der Waals surface area contributed by atoms with Crippen molar-refractivity contribution in [2.75, 3.05) is 6.54 Å². The summed E-state index contributed by atoms with van der Waals surface area (Å²) >= 11 is 0. The fourth-order valence-electron chi connectivity index (χ4n) is 2.84. The molecule has 3 N–H and O–H groups in total. The fraction of sp³-hybridized carbons (Fsp3) is 1.00. The van der Waals surface area contributed by atoms with E-state index in [1.165, 1.54) is 25.7 Å². The lowest BCUT2D eigenvalue weighted by atomic mass is 10.5. The summed E-state index contributed by atoms with van der Waals surface area (Å²) in [5.41, 5.74) is 3.99. The molecule has 0 aliphatic heterocycles. The minimum absolute atomic E-state index is 0.856. The Morgan fingerprint density at radius 1 is 0.786 bits per heavy atom. The monoisotopic (exact) mass is 216 g/mol. The van der Waals surface area contributed by atoms with Crippen LogP contribution in [0.2, 0.25) is 24.2 Å². The molecule has 2 heteroatoms. The topological polar surface area (TPSA) is 27.6 Å². The highest BCUT2D eigenvalue weighted by atomic mass is 28.3. The maximum atomic E-state index is 3.99. The van der Waals surface area contributed by atoms with Crippen molar-refractivity contribution in [2.45, 2.75) is 70.6 Å². The second-order valence-electron chi connectivity index (χ2n) is 4.71. The van der Waals surface area contributed by atoms with Crippen LogP contribution in [0.3, 0.4) is 0 Å². The predicted molar refractivity (Wildman–Crippen MR) is 68.2 cm³/mol. The Bertz CT molecular complexity index is 108. The summed E-state index contributed by atoms with van der Waals surface area (Å²) < 4.78 is 0. The molecule has 0 bridgehead atoms. The molecule has 0 radical (unpaired) electrons. The van der Waals surface area contributed by atoms with Crippen molar-refractivity contribution < 1.29 is 5.73 Å². The highest BCUT2D eigenvalue weighted by Gasteiger charge is 2.28. The lowest BCUT2D eigenvalue weighted by molar-refractivity contribution is -0.367. The summed E-state index contributed by atoms with van der Waals surface area (Å²) in [6.07, 6.45) is 5.60. The Morgan fingerprint density at radius 2 is 1.21 bits per heavy atom. The number of hydrogen-bond acceptors (Lipinski definition) is 0. The molecular formula is C12H30NSi+. The lowest BCUT2D eigenvalue weighted by Crippen LogP contribution is -2.51. The Morgan fingerprint density at radius 3 is 1.50 bits per heavy atom. The van der Waals surface area contributed by atoms with E-state index in [1.54, 1.807) is 24.2 Å². The third kappa shape index (κ3) is 5.16. The van der Waals surface area contributed by atoms with Crippen LogP contribution in [0.1, 0.15) is 46.5 Å². The maximum absolute atomic E-state index is 3.99. The van der Waals surface area contributed by atoms with Crippen molar-refractivity contribution in [3.63, 3.8) is 0 Å². The highest BCUT2D eigenvalue weighted by Crippen LogP contribution is 2.30. The van der Waals surface area contributed by atoms with Crippen molar-refractivity contribution in [2.24, 2.45) is 0 Å². The molecule has 0 fully saturated rings. The normalized spacial score (nSPS) is 12.0. The Kier molecular flexibility index (Phi) is 8.59. The average molecular weight is 216 g/mol. The minimum atomic E-state index is -0.856. The first-order chi connectivity index (χ1) is 6.74. The van der Waals surface area contributed by atoms with Crippen molar-refractivity contribution in [1.82, 2.24) is 0 Å². The van der Waals surface area contributed by atoms with Crippen LogP contribution < -0.4 is 5.73 Å². The van der Waals surface area contributed by atoms with E-state index in [4.69, 9.17) is 0 Å². The summed E-state index contributed by atoms with van der Waals surface area (Å²) in [6.45, 7) is 8.22. The van der Waals surface area contributed by atoms with E-state index < -0.39 is 8.07 Å². The van der Waals surface area contributed by atoms with Gasteiger partial charge in [0.05, 0.1) is 14.6 Å². The van der Waals surface area contributed by atoms with Crippen LogP contribution >= 0.6 is 0 Å². The molecule has 0 saturated carbocycles. The molecule has 0 heterocycles. The molecule has 0 amide bonds. The van der Waals surface area contributed by atoms with E-state index in [1.807, 2.05) is 0 Å². The predicted octanol–water partition coefficient (Wildman–Crippen LogP) is 3.30. The number of quaternary nitrogens is 1. The van der Waals surface area contributed by atoms with Crippen LogP contribution in [-0.2, 0) is 0 Å². The van der Waals surface area contributed by atoms with Gasteiger partial charge in [-0.3, -0.25) is 0 Å². The summed E-state index contributed by atoms with van der Waals surface area (Å²) in [5, 5.41) is 0. The van der Waals surface area contributed by atoms with Gasteiger partial charge in [-0.1, -0.05) is 64.2 Å². The van der Waals surface area contributed by atoms with Gasteiger partial charge in [0.2, 0.25) is 0 Å².